The summed E-state index contributed by atoms with van der Waals surface area (Å²) in [5.74, 6) is 7.04. The molecule has 2 nitrogen and oxygen atoms in total. The minimum Gasteiger partial charge on any atom is -0.354 e. The summed E-state index contributed by atoms with van der Waals surface area (Å²) in [4.78, 5) is 11.4. The molecule has 7 heteroatoms. The van der Waals surface area contributed by atoms with E-state index in [4.69, 9.17) is 58.0 Å². The number of carbonyl (C=O) groups excluding carboxylic acids is 1. The molecule has 0 rings (SSSR count). The van der Waals surface area contributed by atoms with Gasteiger partial charge in [0.25, 0.3) is 0 Å². The van der Waals surface area contributed by atoms with Gasteiger partial charge in [-0.05, 0) is 29.9 Å². The molecule has 0 aromatic carbocycles. The molecule has 0 fully saturated rings. The minimum absolute atomic E-state index is 0.161. The fourth-order valence-electron chi connectivity index (χ4n) is 2.17. The molecule has 0 radical (unpaired) electrons. The summed E-state index contributed by atoms with van der Waals surface area (Å²) in [7, 11) is 0. The van der Waals surface area contributed by atoms with Crippen molar-refractivity contribution in [1.82, 2.24) is 5.32 Å². The molecule has 1 atom stereocenters. The molecule has 0 aliphatic heterocycles. The number of hydrogen-bond acceptors (Lipinski definition) is 1. The molecule has 136 valence electrons. The lowest BCUT2D eigenvalue weighted by Gasteiger charge is -2.32. The lowest BCUT2D eigenvalue weighted by molar-refractivity contribution is -0.119. The Balaban J connectivity index is 4.86. The molecule has 0 aliphatic rings. The van der Waals surface area contributed by atoms with Gasteiger partial charge < -0.3 is 5.32 Å². The normalized spacial score (nSPS) is 12.5. The van der Waals surface area contributed by atoms with E-state index >= 15 is 0 Å². The van der Waals surface area contributed by atoms with Crippen LogP contribution in [0.3, 0.4) is 0 Å². The summed E-state index contributed by atoms with van der Waals surface area (Å²) >= 11 is 30.1. The predicted molar refractivity (Wildman–Crippen MR) is 106 cm³/mol. The van der Waals surface area contributed by atoms with Crippen molar-refractivity contribution < 1.29 is 4.79 Å². The van der Waals surface area contributed by atoms with Crippen LogP contribution in [0.1, 0.15) is 58.8 Å². The highest BCUT2D eigenvalue weighted by molar-refractivity contribution is 6.63. The smallest absolute Gasteiger partial charge is 0.217 e. The van der Waals surface area contributed by atoms with Gasteiger partial charge in [0.1, 0.15) is 0 Å². The highest BCUT2D eigenvalue weighted by Crippen LogP contribution is 2.45. The first-order valence-electron chi connectivity index (χ1n) is 7.81. The van der Waals surface area contributed by atoms with Crippen molar-refractivity contribution in [1.29, 1.82) is 0 Å². The maximum absolute atomic E-state index is 11.4. The van der Waals surface area contributed by atoms with Crippen LogP contribution in [-0.4, -0.2) is 20.6 Å². The third kappa shape index (κ3) is 10.1. The lowest BCUT2D eigenvalue weighted by atomic mass is 10.0. The highest BCUT2D eigenvalue weighted by Gasteiger charge is 2.47. The van der Waals surface area contributed by atoms with E-state index in [0.29, 0.717) is 0 Å². The first-order chi connectivity index (χ1) is 11.2. The third-order valence-electron chi connectivity index (χ3n) is 3.35. The zero-order valence-electron chi connectivity index (χ0n) is 13.8. The maximum Gasteiger partial charge on any atom is 0.217 e. The Hall–Kier alpha value is 0.0400. The van der Waals surface area contributed by atoms with Crippen LogP contribution in [0.2, 0.25) is 0 Å². The summed E-state index contributed by atoms with van der Waals surface area (Å²) in [5.41, 5.74) is 0. The molecule has 0 bridgehead atoms. The van der Waals surface area contributed by atoms with Gasteiger partial charge in [-0.15, -0.1) is 0 Å². The summed E-state index contributed by atoms with van der Waals surface area (Å²) in [6, 6.07) is -0.239. The molecule has 1 unspecified atom stereocenters. The number of hydrogen-bond donors (Lipinski definition) is 1. The number of nitrogens with one attached hydrogen (secondary N) is 1. The topological polar surface area (TPSA) is 29.1 Å². The second-order valence-electron chi connectivity index (χ2n) is 5.55. The van der Waals surface area contributed by atoms with E-state index in [1.54, 1.807) is 0 Å². The summed E-state index contributed by atoms with van der Waals surface area (Å²) in [5, 5.41) is 4.94. The average Bonchev–Trinajstić information content (AvgIpc) is 2.45. The van der Waals surface area contributed by atoms with Gasteiger partial charge in [0.15, 0.2) is 4.33 Å². The molecule has 1 amide bonds. The van der Waals surface area contributed by atoms with Crippen molar-refractivity contribution in [3.8, 4) is 23.1 Å². The van der Waals surface area contributed by atoms with E-state index in [9.17, 15) is 4.79 Å². The van der Waals surface area contributed by atoms with Crippen LogP contribution in [-0.2, 0) is 4.79 Å². The molecular formula is C17H22Cl5NO. The van der Waals surface area contributed by atoms with Crippen LogP contribution in [0, 0.1) is 23.1 Å². The van der Waals surface area contributed by atoms with Crippen molar-refractivity contribution in [2.45, 2.75) is 73.5 Å². The van der Waals surface area contributed by atoms with Gasteiger partial charge in [0, 0.05) is 30.7 Å². The van der Waals surface area contributed by atoms with E-state index in [1.165, 1.54) is 19.8 Å². The van der Waals surface area contributed by atoms with E-state index in [-0.39, 0.29) is 18.4 Å². The third-order valence-corrected chi connectivity index (χ3v) is 5.55. The Kier molecular flexibility index (Phi) is 12.4. The van der Waals surface area contributed by atoms with Crippen LogP contribution in [0.4, 0.5) is 0 Å². The van der Waals surface area contributed by atoms with Crippen molar-refractivity contribution in [3.63, 3.8) is 0 Å². The standard InChI is InChI=1S/C17H22Cl5NO/c1-3-4-5-6-7-10-15(23-14(2)24)13-17(21,22)16(19,20)11-8-9-12-18/h15H,3-7,10,13H2,1-2H3,(H,23,24). The Labute approximate surface area is 170 Å². The van der Waals surface area contributed by atoms with Gasteiger partial charge in [-0.3, -0.25) is 4.79 Å². The minimum atomic E-state index is -1.74. The van der Waals surface area contributed by atoms with Crippen molar-refractivity contribution >= 4 is 63.9 Å². The largest absolute Gasteiger partial charge is 0.354 e. The average molecular weight is 434 g/mol. The Morgan fingerprint density at radius 2 is 1.71 bits per heavy atom. The van der Waals surface area contributed by atoms with E-state index in [2.05, 4.69) is 35.4 Å². The first-order valence-corrected chi connectivity index (χ1v) is 9.70. The van der Waals surface area contributed by atoms with E-state index in [0.717, 1.165) is 25.7 Å². The van der Waals surface area contributed by atoms with Gasteiger partial charge in [-0.25, -0.2) is 0 Å². The van der Waals surface area contributed by atoms with E-state index < -0.39 is 8.67 Å². The molecule has 0 saturated carbocycles. The van der Waals surface area contributed by atoms with Gasteiger partial charge in [0.2, 0.25) is 10.2 Å². The molecule has 0 aliphatic carbocycles. The number of halogens is 5. The van der Waals surface area contributed by atoms with Gasteiger partial charge in [0.05, 0.1) is 0 Å². The van der Waals surface area contributed by atoms with Crippen LogP contribution in [0.15, 0.2) is 0 Å². The summed E-state index contributed by atoms with van der Waals surface area (Å²) < 4.78 is -3.32. The summed E-state index contributed by atoms with van der Waals surface area (Å²) in [6.07, 6.45) is 6.47. The maximum atomic E-state index is 11.4. The monoisotopic (exact) mass is 431 g/mol. The Bertz CT molecular complexity index is 511. The number of carbonyl (C=O) groups is 1. The summed E-state index contributed by atoms with van der Waals surface area (Å²) in [6.45, 7) is 3.60. The van der Waals surface area contributed by atoms with Gasteiger partial charge in [-0.2, -0.15) is 0 Å². The molecule has 0 heterocycles. The number of amides is 1. The van der Waals surface area contributed by atoms with Crippen LogP contribution in [0.5, 0.6) is 0 Å². The van der Waals surface area contributed by atoms with Crippen molar-refractivity contribution in [2.75, 3.05) is 0 Å². The van der Waals surface area contributed by atoms with Crippen molar-refractivity contribution in [3.05, 3.63) is 0 Å². The van der Waals surface area contributed by atoms with Gasteiger partial charge >= 0.3 is 0 Å². The SMILES string of the molecule is CCCCCCCC(CC(Cl)(Cl)C(Cl)(Cl)C#CC#CCl)NC(C)=O. The number of alkyl halides is 4. The number of unbranched alkanes of at least 4 members (excludes halogenated alkanes) is 4. The molecule has 0 aromatic rings. The van der Waals surface area contributed by atoms with Gasteiger partial charge in [-0.1, -0.05) is 85.4 Å². The van der Waals surface area contributed by atoms with Crippen molar-refractivity contribution in [2.24, 2.45) is 0 Å². The van der Waals surface area contributed by atoms with Crippen LogP contribution in [0.25, 0.3) is 0 Å². The lowest BCUT2D eigenvalue weighted by Crippen LogP contribution is -2.44. The molecule has 0 saturated heterocycles. The first kappa shape index (κ1) is 24.0. The quantitative estimate of drug-likeness (QED) is 0.264. The molecular weight excluding hydrogens is 411 g/mol. The fourth-order valence-corrected chi connectivity index (χ4v) is 2.93. The highest BCUT2D eigenvalue weighted by atomic mass is 35.5. The Morgan fingerprint density at radius 1 is 1.08 bits per heavy atom. The zero-order valence-corrected chi connectivity index (χ0v) is 17.6. The van der Waals surface area contributed by atoms with Crippen LogP contribution < -0.4 is 5.32 Å². The van der Waals surface area contributed by atoms with E-state index in [1.807, 2.05) is 0 Å². The molecule has 0 aromatic heterocycles. The molecule has 1 N–H and O–H groups in total. The number of rotatable bonds is 10. The fraction of sp³-hybridized carbons (Fsp3) is 0.706. The molecule has 0 spiro atoms. The zero-order chi connectivity index (χ0) is 18.6. The van der Waals surface area contributed by atoms with Crippen LogP contribution >= 0.6 is 58.0 Å². The Morgan fingerprint density at radius 3 is 2.25 bits per heavy atom. The second kappa shape index (κ2) is 12.4. The predicted octanol–water partition coefficient (Wildman–Crippen LogP) is 5.79. The second-order valence-corrected chi connectivity index (χ2v) is 8.55. The molecule has 24 heavy (non-hydrogen) atoms.